The Labute approximate surface area is 157 Å². The van der Waals surface area contributed by atoms with Crippen LogP contribution in [-0.4, -0.2) is 36.0 Å². The zero-order valence-corrected chi connectivity index (χ0v) is 15.3. The van der Waals surface area contributed by atoms with Crippen molar-refractivity contribution < 1.29 is 31.5 Å². The van der Waals surface area contributed by atoms with Gasteiger partial charge in [0.25, 0.3) is 0 Å². The number of alkyl halides is 3. The monoisotopic (exact) mass is 423 g/mol. The first kappa shape index (κ1) is 20.9. The third-order valence-corrected chi connectivity index (χ3v) is 5.69. The maximum absolute atomic E-state index is 13.0. The summed E-state index contributed by atoms with van der Waals surface area (Å²) in [4.78, 5) is 18.6. The van der Waals surface area contributed by atoms with Gasteiger partial charge in [-0.1, -0.05) is 23.7 Å². The fourth-order valence-electron chi connectivity index (χ4n) is 2.33. The molecule has 0 aliphatic heterocycles. The van der Waals surface area contributed by atoms with Crippen molar-refractivity contribution in [1.82, 2.24) is 9.97 Å². The molecule has 0 amide bonds. The van der Waals surface area contributed by atoms with Crippen molar-refractivity contribution in [2.45, 2.75) is 18.9 Å². The zero-order valence-electron chi connectivity index (χ0n) is 13.7. The summed E-state index contributed by atoms with van der Waals surface area (Å²) in [6, 6.07) is 2.93. The Hall–Kier alpha value is -2.40. The van der Waals surface area contributed by atoms with Crippen LogP contribution in [0.15, 0.2) is 30.6 Å². The number of aromatic carboxylic acids is 1. The number of sulfonamides is 1. The van der Waals surface area contributed by atoms with Gasteiger partial charge in [0.05, 0.1) is 16.3 Å². The minimum atomic E-state index is -4.75. The van der Waals surface area contributed by atoms with Gasteiger partial charge in [0.2, 0.25) is 10.0 Å². The van der Waals surface area contributed by atoms with Crippen molar-refractivity contribution in [3.8, 4) is 0 Å². The average Bonchev–Trinajstić information content (AvgIpc) is 2.56. The molecule has 2 rings (SSSR count). The molecule has 1 aromatic carbocycles. The van der Waals surface area contributed by atoms with Gasteiger partial charge in [0.1, 0.15) is 0 Å². The van der Waals surface area contributed by atoms with E-state index in [2.05, 4.69) is 9.97 Å². The molecule has 0 atom stereocenters. The van der Waals surface area contributed by atoms with Crippen molar-refractivity contribution in [3.63, 3.8) is 0 Å². The van der Waals surface area contributed by atoms with Crippen molar-refractivity contribution in [3.05, 3.63) is 52.4 Å². The van der Waals surface area contributed by atoms with Gasteiger partial charge in [-0.3, -0.25) is 4.31 Å². The number of carboxylic acid groups (broad SMARTS) is 1. The number of nitrogens with zero attached hydrogens (tertiary/aromatic N) is 3. The molecule has 0 aliphatic carbocycles. The van der Waals surface area contributed by atoms with E-state index in [9.17, 15) is 26.4 Å². The lowest BCUT2D eigenvalue weighted by Crippen LogP contribution is -2.34. The van der Waals surface area contributed by atoms with Crippen molar-refractivity contribution >= 4 is 33.4 Å². The summed E-state index contributed by atoms with van der Waals surface area (Å²) in [5, 5.41) is 8.43. The molecule has 0 aliphatic rings. The number of benzene rings is 1. The maximum Gasteiger partial charge on any atom is 0.417 e. The van der Waals surface area contributed by atoms with E-state index in [0.717, 1.165) is 30.6 Å². The van der Waals surface area contributed by atoms with Crippen LogP contribution in [0.4, 0.5) is 19.0 Å². The van der Waals surface area contributed by atoms with Crippen molar-refractivity contribution in [2.75, 3.05) is 10.8 Å². The van der Waals surface area contributed by atoms with Gasteiger partial charge in [0, 0.05) is 18.9 Å². The van der Waals surface area contributed by atoms with Gasteiger partial charge in [-0.2, -0.15) is 13.2 Å². The number of hydrogen-bond donors (Lipinski definition) is 1. The highest BCUT2D eigenvalue weighted by atomic mass is 35.5. The Morgan fingerprint density at radius 3 is 2.44 bits per heavy atom. The predicted molar refractivity (Wildman–Crippen MR) is 91.1 cm³/mol. The molecule has 1 aromatic heterocycles. The van der Waals surface area contributed by atoms with Crippen LogP contribution in [-0.2, 0) is 22.0 Å². The smallest absolute Gasteiger partial charge is 0.417 e. The molecule has 0 saturated carbocycles. The Balaban J connectivity index is 2.49. The van der Waals surface area contributed by atoms with Crippen LogP contribution >= 0.6 is 11.6 Å². The lowest BCUT2D eigenvalue weighted by Gasteiger charge is -2.23. The molecule has 0 bridgehead atoms. The molecule has 1 heterocycles. The fraction of sp³-hybridized carbons (Fsp3) is 0.267. The summed E-state index contributed by atoms with van der Waals surface area (Å²) in [5.41, 5.74) is -2.03. The summed E-state index contributed by atoms with van der Waals surface area (Å²) in [6.07, 6.45) is -2.56. The minimum absolute atomic E-state index is 0.210. The lowest BCUT2D eigenvalue weighted by molar-refractivity contribution is -0.137. The molecular formula is C15H13ClF3N3O4S. The van der Waals surface area contributed by atoms with E-state index in [-0.39, 0.29) is 12.1 Å². The highest BCUT2D eigenvalue weighted by molar-refractivity contribution is 7.92. The molecular weight excluding hydrogens is 411 g/mol. The zero-order chi connectivity index (χ0) is 20.4. The SMILES string of the molecule is CCN(c1nccnc1C(=O)O)S(=O)(=O)Cc1cccc(C(F)(F)F)c1Cl. The van der Waals surface area contributed by atoms with Crippen LogP contribution in [0.5, 0.6) is 0 Å². The number of anilines is 1. The third kappa shape index (κ3) is 4.48. The van der Waals surface area contributed by atoms with Crippen LogP contribution in [0.2, 0.25) is 5.02 Å². The molecule has 2 aromatic rings. The molecule has 0 radical (unpaired) electrons. The molecule has 0 fully saturated rings. The molecule has 0 unspecified atom stereocenters. The van der Waals surface area contributed by atoms with Crippen LogP contribution in [0.1, 0.15) is 28.5 Å². The number of rotatable bonds is 6. The molecule has 0 spiro atoms. The highest BCUT2D eigenvalue weighted by Gasteiger charge is 2.35. The molecule has 27 heavy (non-hydrogen) atoms. The van der Waals surface area contributed by atoms with E-state index in [0.29, 0.717) is 4.31 Å². The topological polar surface area (TPSA) is 100 Å². The third-order valence-electron chi connectivity index (χ3n) is 3.46. The van der Waals surface area contributed by atoms with Crippen LogP contribution < -0.4 is 4.31 Å². The number of carbonyl (C=O) groups is 1. The Kier molecular flexibility index (Phi) is 5.95. The predicted octanol–water partition coefficient (Wildman–Crippen LogP) is 3.20. The Morgan fingerprint density at radius 2 is 1.89 bits per heavy atom. The number of aromatic nitrogens is 2. The number of halogens is 4. The number of carboxylic acids is 1. The second-order valence-corrected chi connectivity index (χ2v) is 7.50. The highest BCUT2D eigenvalue weighted by Crippen LogP contribution is 2.37. The second-order valence-electron chi connectivity index (χ2n) is 5.23. The summed E-state index contributed by atoms with van der Waals surface area (Å²) in [6.45, 7) is 1.21. The molecule has 0 saturated heterocycles. The first-order valence-corrected chi connectivity index (χ1v) is 9.37. The average molecular weight is 424 g/mol. The van der Waals surface area contributed by atoms with Gasteiger partial charge >= 0.3 is 12.1 Å². The first-order chi connectivity index (χ1) is 12.5. The van der Waals surface area contributed by atoms with Crippen LogP contribution in [0.3, 0.4) is 0 Å². The molecule has 1 N–H and O–H groups in total. The lowest BCUT2D eigenvalue weighted by atomic mass is 10.1. The molecule has 7 nitrogen and oxygen atoms in total. The van der Waals surface area contributed by atoms with Crippen LogP contribution in [0.25, 0.3) is 0 Å². The minimum Gasteiger partial charge on any atom is -0.476 e. The summed E-state index contributed by atoms with van der Waals surface area (Å²) in [5.74, 6) is -2.81. The second kappa shape index (κ2) is 7.69. The van der Waals surface area contributed by atoms with Gasteiger partial charge in [-0.25, -0.2) is 23.2 Å². The van der Waals surface area contributed by atoms with E-state index >= 15 is 0 Å². The number of hydrogen-bond acceptors (Lipinski definition) is 5. The van der Waals surface area contributed by atoms with Gasteiger partial charge in [0.15, 0.2) is 11.5 Å². The van der Waals surface area contributed by atoms with Gasteiger partial charge in [-0.15, -0.1) is 0 Å². The summed E-state index contributed by atoms with van der Waals surface area (Å²) >= 11 is 5.75. The largest absolute Gasteiger partial charge is 0.476 e. The molecule has 12 heteroatoms. The quantitative estimate of drug-likeness (QED) is 0.765. The van der Waals surface area contributed by atoms with Crippen molar-refractivity contribution in [2.24, 2.45) is 0 Å². The van der Waals surface area contributed by atoms with E-state index in [4.69, 9.17) is 16.7 Å². The van der Waals surface area contributed by atoms with E-state index in [1.165, 1.54) is 6.92 Å². The Morgan fingerprint density at radius 1 is 1.26 bits per heavy atom. The Bertz CT molecular complexity index is 967. The van der Waals surface area contributed by atoms with E-state index in [1.54, 1.807) is 0 Å². The molecule has 146 valence electrons. The van der Waals surface area contributed by atoms with E-state index in [1.807, 2.05) is 0 Å². The van der Waals surface area contributed by atoms with E-state index < -0.39 is 50.0 Å². The van der Waals surface area contributed by atoms with Gasteiger partial charge in [-0.05, 0) is 18.6 Å². The standard InChI is InChI=1S/C15H13ClF3N3O4S/c1-2-22(13-12(14(23)24)20-6-7-21-13)27(25,26)8-9-4-3-5-10(11(9)16)15(17,18)19/h3-7H,2,8H2,1H3,(H,23,24). The summed E-state index contributed by atoms with van der Waals surface area (Å²) in [7, 11) is -4.30. The van der Waals surface area contributed by atoms with Crippen molar-refractivity contribution in [1.29, 1.82) is 0 Å². The summed E-state index contributed by atoms with van der Waals surface area (Å²) < 4.78 is 65.1. The fourth-order valence-corrected chi connectivity index (χ4v) is 4.29. The maximum atomic E-state index is 13.0. The van der Waals surface area contributed by atoms with Crippen LogP contribution in [0, 0.1) is 0 Å². The first-order valence-electron chi connectivity index (χ1n) is 7.38. The normalized spacial score (nSPS) is 12.0. The van der Waals surface area contributed by atoms with Gasteiger partial charge < -0.3 is 5.11 Å².